The number of amides is 1. The van der Waals surface area contributed by atoms with Gasteiger partial charge < -0.3 is 20.0 Å². The van der Waals surface area contributed by atoms with Crippen LogP contribution in [0.25, 0.3) is 11.0 Å². The Labute approximate surface area is 176 Å². The lowest BCUT2D eigenvalue weighted by molar-refractivity contribution is 0.0705. The molecule has 0 unspecified atom stereocenters. The minimum absolute atomic E-state index is 0.0446. The van der Waals surface area contributed by atoms with E-state index in [1.54, 1.807) is 0 Å². The standard InChI is InChI=1S/C23H28ClN3O2/c1-14-25-20-17(24)12-15-13-18(22(28)27(2)16-8-4-5-9-16)29-21(15)19(20)23(26-14)10-6-3-7-11-23/h12-13,16,25-26H,1,3-11H2,2H3. The molecule has 1 amide bonds. The lowest BCUT2D eigenvalue weighted by Gasteiger charge is -2.44. The van der Waals surface area contributed by atoms with E-state index in [4.69, 9.17) is 16.0 Å². The van der Waals surface area contributed by atoms with E-state index in [2.05, 4.69) is 17.2 Å². The van der Waals surface area contributed by atoms with E-state index in [1.807, 2.05) is 24.1 Å². The zero-order chi connectivity index (χ0) is 20.2. The number of hydrogen-bond acceptors (Lipinski definition) is 4. The second-order valence-corrected chi connectivity index (χ2v) is 9.27. The van der Waals surface area contributed by atoms with Crippen molar-refractivity contribution >= 4 is 34.2 Å². The Hall–Kier alpha value is -2.14. The van der Waals surface area contributed by atoms with E-state index >= 15 is 0 Å². The van der Waals surface area contributed by atoms with E-state index < -0.39 is 0 Å². The van der Waals surface area contributed by atoms with E-state index in [-0.39, 0.29) is 11.4 Å². The highest BCUT2D eigenvalue weighted by Crippen LogP contribution is 2.49. The molecule has 0 saturated heterocycles. The maximum absolute atomic E-state index is 13.1. The molecule has 1 aromatic carbocycles. The molecule has 154 valence electrons. The molecule has 2 saturated carbocycles. The number of halogens is 1. The summed E-state index contributed by atoms with van der Waals surface area (Å²) in [5, 5.41) is 8.43. The van der Waals surface area contributed by atoms with E-state index in [0.717, 1.165) is 66.6 Å². The summed E-state index contributed by atoms with van der Waals surface area (Å²) in [7, 11) is 1.89. The summed E-state index contributed by atoms with van der Waals surface area (Å²) in [6, 6.07) is 4.06. The maximum atomic E-state index is 13.1. The Bertz CT molecular complexity index is 984. The van der Waals surface area contributed by atoms with Gasteiger partial charge in [0.25, 0.3) is 5.91 Å². The highest BCUT2D eigenvalue weighted by Gasteiger charge is 2.42. The third-order valence-electron chi connectivity index (χ3n) is 7.01. The average Bonchev–Trinajstić information content (AvgIpc) is 3.37. The first-order valence-electron chi connectivity index (χ1n) is 10.8. The fourth-order valence-corrected chi connectivity index (χ4v) is 5.79. The molecular weight excluding hydrogens is 386 g/mol. The smallest absolute Gasteiger partial charge is 0.289 e. The van der Waals surface area contributed by atoms with Crippen LogP contribution in [0, 0.1) is 0 Å². The van der Waals surface area contributed by atoms with Gasteiger partial charge in [-0.2, -0.15) is 0 Å². The van der Waals surface area contributed by atoms with Gasteiger partial charge >= 0.3 is 0 Å². The lowest BCUT2D eigenvalue weighted by atomic mass is 9.74. The average molecular weight is 414 g/mol. The van der Waals surface area contributed by atoms with Crippen molar-refractivity contribution in [1.29, 1.82) is 0 Å². The fraction of sp³-hybridized carbons (Fsp3) is 0.522. The highest BCUT2D eigenvalue weighted by molar-refractivity contribution is 6.34. The molecule has 3 aliphatic rings. The summed E-state index contributed by atoms with van der Waals surface area (Å²) in [6.07, 6.45) is 10.0. The number of carbonyl (C=O) groups is 1. The van der Waals surface area contributed by atoms with Crippen LogP contribution in [0.2, 0.25) is 5.02 Å². The molecule has 5 rings (SSSR count). The Balaban J connectivity index is 1.62. The molecule has 6 heteroatoms. The lowest BCUT2D eigenvalue weighted by Crippen LogP contribution is -2.48. The number of carbonyl (C=O) groups excluding carboxylic acids is 1. The molecule has 0 radical (unpaired) electrons. The van der Waals surface area contributed by atoms with Gasteiger partial charge in [0.05, 0.1) is 22.1 Å². The van der Waals surface area contributed by atoms with Crippen LogP contribution in [0.15, 0.2) is 28.9 Å². The second kappa shape index (κ2) is 6.98. The van der Waals surface area contributed by atoms with E-state index in [0.29, 0.717) is 16.8 Å². The first kappa shape index (κ1) is 18.9. The van der Waals surface area contributed by atoms with E-state index in [9.17, 15) is 4.79 Å². The summed E-state index contributed by atoms with van der Waals surface area (Å²) >= 11 is 6.68. The van der Waals surface area contributed by atoms with Gasteiger partial charge in [-0.1, -0.05) is 50.3 Å². The quantitative estimate of drug-likeness (QED) is 0.658. The van der Waals surface area contributed by atoms with Crippen molar-refractivity contribution in [2.45, 2.75) is 69.4 Å². The third-order valence-corrected chi connectivity index (χ3v) is 7.31. The predicted octanol–water partition coefficient (Wildman–Crippen LogP) is 5.75. The van der Waals surface area contributed by atoms with Crippen LogP contribution in [0.5, 0.6) is 0 Å². The van der Waals surface area contributed by atoms with Crippen LogP contribution in [-0.4, -0.2) is 23.9 Å². The van der Waals surface area contributed by atoms with Crippen LogP contribution in [0.1, 0.15) is 73.9 Å². The summed E-state index contributed by atoms with van der Waals surface area (Å²) in [6.45, 7) is 4.11. The Kier molecular flexibility index (Phi) is 4.54. The molecule has 0 atom stereocenters. The highest BCUT2D eigenvalue weighted by atomic mass is 35.5. The topological polar surface area (TPSA) is 57.5 Å². The van der Waals surface area contributed by atoms with Gasteiger partial charge in [-0.25, -0.2) is 0 Å². The number of benzene rings is 1. The van der Waals surface area contributed by atoms with Crippen LogP contribution < -0.4 is 10.6 Å². The fourth-order valence-electron chi connectivity index (χ4n) is 5.53. The Morgan fingerprint density at radius 3 is 2.66 bits per heavy atom. The maximum Gasteiger partial charge on any atom is 0.289 e. The molecule has 5 nitrogen and oxygen atoms in total. The summed E-state index contributed by atoms with van der Waals surface area (Å²) in [5.41, 5.74) is 2.44. The molecular formula is C23H28ClN3O2. The molecule has 0 bridgehead atoms. The molecule has 2 aliphatic carbocycles. The van der Waals surface area contributed by atoms with Gasteiger partial charge in [-0.05, 0) is 37.8 Å². The number of anilines is 1. The number of nitrogens with zero attached hydrogens (tertiary/aromatic N) is 1. The number of furan rings is 1. The van der Waals surface area contributed by atoms with Crippen molar-refractivity contribution in [2.24, 2.45) is 0 Å². The largest absolute Gasteiger partial charge is 0.450 e. The first-order chi connectivity index (χ1) is 14.0. The monoisotopic (exact) mass is 413 g/mol. The van der Waals surface area contributed by atoms with Crippen molar-refractivity contribution in [1.82, 2.24) is 10.2 Å². The summed E-state index contributed by atoms with van der Waals surface area (Å²) in [4.78, 5) is 15.0. The minimum atomic E-state index is -0.241. The van der Waals surface area contributed by atoms with Crippen molar-refractivity contribution < 1.29 is 9.21 Å². The molecule has 2 N–H and O–H groups in total. The van der Waals surface area contributed by atoms with Crippen LogP contribution in [0.3, 0.4) is 0 Å². The number of rotatable bonds is 2. The summed E-state index contributed by atoms with van der Waals surface area (Å²) in [5.74, 6) is 1.12. The molecule has 1 aliphatic heterocycles. The molecule has 2 aromatic rings. The van der Waals surface area contributed by atoms with Crippen molar-refractivity contribution in [3.63, 3.8) is 0 Å². The zero-order valence-corrected chi connectivity index (χ0v) is 17.7. The van der Waals surface area contributed by atoms with Gasteiger partial charge in [0.2, 0.25) is 0 Å². The minimum Gasteiger partial charge on any atom is -0.450 e. The van der Waals surface area contributed by atoms with Crippen LogP contribution in [0.4, 0.5) is 5.69 Å². The Morgan fingerprint density at radius 2 is 1.93 bits per heavy atom. The van der Waals surface area contributed by atoms with E-state index in [1.165, 1.54) is 19.3 Å². The van der Waals surface area contributed by atoms with Crippen molar-refractivity contribution in [3.05, 3.63) is 40.9 Å². The number of hydrogen-bond donors (Lipinski definition) is 2. The summed E-state index contributed by atoms with van der Waals surface area (Å²) < 4.78 is 6.27. The SMILES string of the molecule is C=C1Nc2c(Cl)cc3cc(C(=O)N(C)C4CCCC4)oc3c2C2(CCCCC2)N1. The van der Waals surface area contributed by atoms with Crippen LogP contribution in [-0.2, 0) is 5.54 Å². The Morgan fingerprint density at radius 1 is 1.21 bits per heavy atom. The van der Waals surface area contributed by atoms with Gasteiger partial charge in [0.15, 0.2) is 5.76 Å². The molecule has 1 aromatic heterocycles. The predicted molar refractivity (Wildman–Crippen MR) is 116 cm³/mol. The third kappa shape index (κ3) is 3.02. The normalized spacial score (nSPS) is 21.1. The van der Waals surface area contributed by atoms with Gasteiger partial charge in [0.1, 0.15) is 5.58 Å². The molecule has 29 heavy (non-hydrogen) atoms. The molecule has 2 heterocycles. The second-order valence-electron chi connectivity index (χ2n) is 8.86. The van der Waals surface area contributed by atoms with Crippen molar-refractivity contribution in [3.8, 4) is 0 Å². The zero-order valence-electron chi connectivity index (χ0n) is 16.9. The molecule has 1 spiro atoms. The van der Waals surface area contributed by atoms with Crippen LogP contribution >= 0.6 is 11.6 Å². The van der Waals surface area contributed by atoms with Crippen molar-refractivity contribution in [2.75, 3.05) is 12.4 Å². The number of fused-ring (bicyclic) bond motifs is 4. The molecule has 2 fully saturated rings. The number of nitrogens with one attached hydrogen (secondary N) is 2. The van der Waals surface area contributed by atoms with Gasteiger partial charge in [0, 0.05) is 24.0 Å². The van der Waals surface area contributed by atoms with Gasteiger partial charge in [-0.3, -0.25) is 4.79 Å². The van der Waals surface area contributed by atoms with Gasteiger partial charge in [-0.15, -0.1) is 0 Å². The first-order valence-corrected chi connectivity index (χ1v) is 11.1.